The number of fused-ring (bicyclic) bond motifs is 1. The van der Waals surface area contributed by atoms with Gasteiger partial charge in [-0.25, -0.2) is 23.7 Å². The number of hydrogen-bond acceptors (Lipinski definition) is 6. The number of hydrogen-bond donors (Lipinski definition) is 2. The third kappa shape index (κ3) is 3.31. The van der Waals surface area contributed by atoms with Crippen molar-refractivity contribution < 1.29 is 9.13 Å². The normalized spacial score (nSPS) is 11.0. The molecule has 9 heteroatoms. The summed E-state index contributed by atoms with van der Waals surface area (Å²) in [5.74, 6) is 0.618. The molecule has 3 aromatic carbocycles. The molecule has 0 aliphatic heterocycles. The number of ether oxygens (including phenoxy) is 1. The quantitative estimate of drug-likeness (QED) is 0.422. The van der Waals surface area contributed by atoms with Gasteiger partial charge in [0.1, 0.15) is 29.2 Å². The summed E-state index contributed by atoms with van der Waals surface area (Å²) in [4.78, 5) is 21.8. The molecular weight excluding hydrogens is 411 g/mol. The summed E-state index contributed by atoms with van der Waals surface area (Å²) in [6, 6.07) is 19.5. The molecule has 0 saturated carbocycles. The molecule has 2 aromatic heterocycles. The van der Waals surface area contributed by atoms with Crippen molar-refractivity contribution in [2.24, 2.45) is 0 Å². The van der Waals surface area contributed by atoms with Gasteiger partial charge in [-0.15, -0.1) is 0 Å². The van der Waals surface area contributed by atoms with E-state index < -0.39 is 5.82 Å². The van der Waals surface area contributed by atoms with Crippen LogP contribution < -0.4 is 21.9 Å². The largest absolute Gasteiger partial charge is 0.457 e. The fourth-order valence-corrected chi connectivity index (χ4v) is 3.51. The maximum absolute atomic E-state index is 13.5. The number of nitrogens with zero attached hydrogens (tertiary/aromatic N) is 4. The minimum absolute atomic E-state index is 0.162. The van der Waals surface area contributed by atoms with Crippen LogP contribution in [-0.2, 0) is 0 Å². The number of aromatic nitrogens is 4. The highest BCUT2D eigenvalue weighted by Crippen LogP contribution is 2.26. The Morgan fingerprint density at radius 1 is 0.812 bits per heavy atom. The highest BCUT2D eigenvalue weighted by Gasteiger charge is 2.20. The average molecular weight is 428 g/mol. The van der Waals surface area contributed by atoms with E-state index in [9.17, 15) is 9.18 Å². The Labute approximate surface area is 181 Å². The van der Waals surface area contributed by atoms with E-state index in [1.807, 2.05) is 0 Å². The zero-order valence-electron chi connectivity index (χ0n) is 16.6. The lowest BCUT2D eigenvalue weighted by molar-refractivity contribution is 0.476. The molecule has 0 aliphatic carbocycles. The molecule has 5 aromatic rings. The van der Waals surface area contributed by atoms with Crippen LogP contribution in [0.3, 0.4) is 0 Å². The molecule has 0 spiro atoms. The first-order chi connectivity index (χ1) is 15.5. The average Bonchev–Trinajstić information content (AvgIpc) is 3.07. The van der Waals surface area contributed by atoms with E-state index in [4.69, 9.17) is 16.2 Å². The molecule has 158 valence electrons. The number of nitrogen functional groups attached to an aromatic ring is 2. The van der Waals surface area contributed by atoms with Crippen LogP contribution in [0.25, 0.3) is 22.5 Å². The van der Waals surface area contributed by atoms with Crippen molar-refractivity contribution in [2.75, 3.05) is 11.5 Å². The highest BCUT2D eigenvalue weighted by molar-refractivity contribution is 5.85. The number of rotatable bonds is 4. The van der Waals surface area contributed by atoms with Crippen molar-refractivity contribution in [3.63, 3.8) is 0 Å². The van der Waals surface area contributed by atoms with Crippen molar-refractivity contribution in [3.8, 4) is 22.9 Å². The van der Waals surface area contributed by atoms with Gasteiger partial charge in [0.25, 0.3) is 0 Å². The van der Waals surface area contributed by atoms with Crippen molar-refractivity contribution in [1.82, 2.24) is 19.1 Å². The first-order valence-corrected chi connectivity index (χ1v) is 9.65. The van der Waals surface area contributed by atoms with Gasteiger partial charge in [0.15, 0.2) is 11.5 Å². The highest BCUT2D eigenvalue weighted by atomic mass is 19.1. The predicted octanol–water partition coefficient (Wildman–Crippen LogP) is 3.67. The Balaban J connectivity index is 1.63. The van der Waals surface area contributed by atoms with E-state index in [0.29, 0.717) is 39.7 Å². The summed E-state index contributed by atoms with van der Waals surface area (Å²) in [6.45, 7) is 0. The fourth-order valence-electron chi connectivity index (χ4n) is 3.51. The second kappa shape index (κ2) is 7.55. The molecule has 0 amide bonds. The Bertz CT molecular complexity index is 1510. The molecule has 0 unspecified atom stereocenters. The lowest BCUT2D eigenvalue weighted by Gasteiger charge is -2.08. The summed E-state index contributed by atoms with van der Waals surface area (Å²) in [7, 11) is 0. The topological polar surface area (TPSA) is 114 Å². The minimum atomic E-state index is -0.393. The molecule has 32 heavy (non-hydrogen) atoms. The van der Waals surface area contributed by atoms with E-state index >= 15 is 0 Å². The van der Waals surface area contributed by atoms with Crippen LogP contribution in [0.5, 0.6) is 11.5 Å². The molecule has 0 fully saturated rings. The Kier molecular flexibility index (Phi) is 4.55. The number of imidazole rings is 1. The van der Waals surface area contributed by atoms with Crippen LogP contribution in [-0.4, -0.2) is 19.1 Å². The molecule has 0 aliphatic rings. The molecule has 2 heterocycles. The summed E-state index contributed by atoms with van der Waals surface area (Å²) in [5, 5.41) is 0. The molecule has 4 N–H and O–H groups in total. The molecule has 5 rings (SSSR count). The summed E-state index contributed by atoms with van der Waals surface area (Å²) < 4.78 is 21.9. The zero-order valence-corrected chi connectivity index (χ0v) is 16.6. The number of anilines is 2. The molecule has 0 bridgehead atoms. The van der Waals surface area contributed by atoms with Crippen molar-refractivity contribution in [2.45, 2.75) is 0 Å². The van der Waals surface area contributed by atoms with E-state index in [-0.39, 0.29) is 11.5 Å². The predicted molar refractivity (Wildman–Crippen MR) is 120 cm³/mol. The first-order valence-electron chi connectivity index (χ1n) is 9.65. The smallest absolute Gasteiger partial charge is 0.339 e. The fraction of sp³-hybridized carbons (Fsp3) is 0. The lowest BCUT2D eigenvalue weighted by Crippen LogP contribution is -2.22. The van der Waals surface area contributed by atoms with Gasteiger partial charge < -0.3 is 16.2 Å². The lowest BCUT2D eigenvalue weighted by atomic mass is 10.3. The third-order valence-corrected chi connectivity index (χ3v) is 4.90. The SMILES string of the molecule is Nc1cccc(-n2c(=O)n(-c3ccc(Oc4cccc(F)c4)cc3)c3c(N)ncnc32)c1. The number of nitrogens with two attached hydrogens (primary N) is 2. The van der Waals surface area contributed by atoms with E-state index in [1.165, 1.54) is 27.6 Å². The van der Waals surface area contributed by atoms with Gasteiger partial charge in [0.05, 0.1) is 11.4 Å². The van der Waals surface area contributed by atoms with Gasteiger partial charge in [0, 0.05) is 11.8 Å². The maximum atomic E-state index is 13.5. The zero-order chi connectivity index (χ0) is 22.2. The standard InChI is InChI=1S/C23H17FN6O2/c24-14-3-1-6-19(11-14)32-18-9-7-16(8-10-18)29-20-21(26)27-13-28-22(20)30(23(29)31)17-5-2-4-15(25)12-17/h1-13H,25H2,(H2,26,27,28). The molecule has 0 atom stereocenters. The second-order valence-electron chi connectivity index (χ2n) is 7.03. The van der Waals surface area contributed by atoms with Crippen LogP contribution in [0.15, 0.2) is 83.9 Å². The minimum Gasteiger partial charge on any atom is -0.457 e. The monoisotopic (exact) mass is 428 g/mol. The molecule has 0 saturated heterocycles. The first kappa shape index (κ1) is 19.3. The van der Waals surface area contributed by atoms with Gasteiger partial charge in [0.2, 0.25) is 0 Å². The summed E-state index contributed by atoms with van der Waals surface area (Å²) in [5.41, 5.74) is 14.0. The number of benzene rings is 3. The van der Waals surface area contributed by atoms with Crippen molar-refractivity contribution in [3.05, 3.63) is 95.4 Å². The Morgan fingerprint density at radius 2 is 1.59 bits per heavy atom. The molecule has 0 radical (unpaired) electrons. The molecule has 8 nitrogen and oxygen atoms in total. The molecular formula is C23H17FN6O2. The van der Waals surface area contributed by atoms with Crippen molar-refractivity contribution in [1.29, 1.82) is 0 Å². The van der Waals surface area contributed by atoms with E-state index in [1.54, 1.807) is 60.7 Å². The van der Waals surface area contributed by atoms with Crippen LogP contribution in [0.4, 0.5) is 15.9 Å². The van der Waals surface area contributed by atoms with Gasteiger partial charge in [-0.2, -0.15) is 0 Å². The van der Waals surface area contributed by atoms with Gasteiger partial charge in [-0.3, -0.25) is 4.57 Å². The van der Waals surface area contributed by atoms with Gasteiger partial charge >= 0.3 is 5.69 Å². The van der Waals surface area contributed by atoms with Crippen LogP contribution in [0, 0.1) is 5.82 Å². The Hall–Kier alpha value is -4.66. The van der Waals surface area contributed by atoms with Gasteiger partial charge in [-0.05, 0) is 54.6 Å². The Morgan fingerprint density at radius 3 is 2.34 bits per heavy atom. The number of halogens is 1. The van der Waals surface area contributed by atoms with E-state index in [2.05, 4.69) is 9.97 Å². The summed E-state index contributed by atoms with van der Waals surface area (Å²) >= 11 is 0. The second-order valence-corrected chi connectivity index (χ2v) is 7.03. The van der Waals surface area contributed by atoms with Crippen LogP contribution in [0.2, 0.25) is 0 Å². The van der Waals surface area contributed by atoms with Crippen molar-refractivity contribution >= 4 is 22.7 Å². The van der Waals surface area contributed by atoms with Crippen LogP contribution >= 0.6 is 0 Å². The maximum Gasteiger partial charge on any atom is 0.339 e. The van der Waals surface area contributed by atoms with Crippen LogP contribution in [0.1, 0.15) is 0 Å². The van der Waals surface area contributed by atoms with Gasteiger partial charge in [-0.1, -0.05) is 12.1 Å². The summed E-state index contributed by atoms with van der Waals surface area (Å²) in [6.07, 6.45) is 1.31. The third-order valence-electron chi connectivity index (χ3n) is 4.90. The van der Waals surface area contributed by atoms with E-state index in [0.717, 1.165) is 0 Å².